The summed E-state index contributed by atoms with van der Waals surface area (Å²) in [5.74, 6) is 2.14. The summed E-state index contributed by atoms with van der Waals surface area (Å²) in [6.45, 7) is 0.828. The van der Waals surface area contributed by atoms with E-state index in [1.807, 2.05) is 36.4 Å². The third kappa shape index (κ3) is 3.77. The van der Waals surface area contributed by atoms with E-state index in [-0.39, 0.29) is 18.6 Å². The highest BCUT2D eigenvalue weighted by molar-refractivity contribution is 5.77. The van der Waals surface area contributed by atoms with Gasteiger partial charge in [0.1, 0.15) is 18.5 Å². The van der Waals surface area contributed by atoms with E-state index in [0.717, 1.165) is 24.3 Å². The van der Waals surface area contributed by atoms with Crippen LogP contribution in [0.1, 0.15) is 24.0 Å². The summed E-state index contributed by atoms with van der Waals surface area (Å²) in [4.78, 5) is 12.1. The molecule has 1 amide bonds. The lowest BCUT2D eigenvalue weighted by Gasteiger charge is -2.26. The Balaban J connectivity index is 1.27. The molecule has 1 unspecified atom stereocenters. The second-order valence-corrected chi connectivity index (χ2v) is 6.69. The molecule has 0 bridgehead atoms. The molecule has 4 rings (SSSR count). The van der Waals surface area contributed by atoms with Crippen LogP contribution in [-0.4, -0.2) is 31.8 Å². The molecule has 5 nitrogen and oxygen atoms in total. The van der Waals surface area contributed by atoms with Gasteiger partial charge in [-0.1, -0.05) is 24.3 Å². The van der Waals surface area contributed by atoms with Crippen LogP contribution in [0.2, 0.25) is 0 Å². The lowest BCUT2D eigenvalue weighted by Crippen LogP contribution is -2.42. The maximum atomic E-state index is 12.1. The van der Waals surface area contributed by atoms with E-state index >= 15 is 0 Å². The molecular weight excluding hydrogens is 330 g/mol. The SMILES string of the molecule is O=C(COc1cccc2c1CCCC2)NCC1COc2ccccc2O1. The molecule has 0 fully saturated rings. The first-order valence-corrected chi connectivity index (χ1v) is 9.18. The number of para-hydroxylation sites is 2. The Morgan fingerprint density at radius 1 is 1.08 bits per heavy atom. The summed E-state index contributed by atoms with van der Waals surface area (Å²) in [5.41, 5.74) is 2.60. The van der Waals surface area contributed by atoms with Crippen molar-refractivity contribution in [3.8, 4) is 17.2 Å². The van der Waals surface area contributed by atoms with Gasteiger partial charge in [0.25, 0.3) is 5.91 Å². The first kappa shape index (κ1) is 16.8. The van der Waals surface area contributed by atoms with Crippen LogP contribution in [0.25, 0.3) is 0 Å². The van der Waals surface area contributed by atoms with Crippen LogP contribution in [0.3, 0.4) is 0 Å². The fourth-order valence-electron chi connectivity index (χ4n) is 3.47. The van der Waals surface area contributed by atoms with E-state index in [9.17, 15) is 4.79 Å². The summed E-state index contributed by atoms with van der Waals surface area (Å²) >= 11 is 0. The number of aryl methyl sites for hydroxylation is 1. The van der Waals surface area contributed by atoms with Crippen molar-refractivity contribution in [2.45, 2.75) is 31.8 Å². The van der Waals surface area contributed by atoms with E-state index in [1.165, 1.54) is 24.0 Å². The molecule has 0 aromatic heterocycles. The monoisotopic (exact) mass is 353 g/mol. The number of nitrogens with one attached hydrogen (secondary N) is 1. The fourth-order valence-corrected chi connectivity index (χ4v) is 3.47. The van der Waals surface area contributed by atoms with Crippen molar-refractivity contribution in [3.05, 3.63) is 53.6 Å². The minimum Gasteiger partial charge on any atom is -0.486 e. The Labute approximate surface area is 153 Å². The van der Waals surface area contributed by atoms with E-state index in [2.05, 4.69) is 11.4 Å². The number of rotatable bonds is 5. The van der Waals surface area contributed by atoms with Gasteiger partial charge in [0.2, 0.25) is 0 Å². The first-order chi connectivity index (χ1) is 12.8. The Morgan fingerprint density at radius 2 is 1.92 bits per heavy atom. The molecule has 5 heteroatoms. The average Bonchev–Trinajstić information content (AvgIpc) is 2.70. The van der Waals surface area contributed by atoms with Crippen molar-refractivity contribution in [1.29, 1.82) is 0 Å². The Kier molecular flexibility index (Phi) is 4.95. The Morgan fingerprint density at radius 3 is 2.85 bits per heavy atom. The zero-order chi connectivity index (χ0) is 17.8. The standard InChI is InChI=1S/C21H23NO4/c23-21(14-25-18-11-5-7-15-6-1-2-8-17(15)18)22-12-16-13-24-19-9-3-4-10-20(19)26-16/h3-5,7,9-11,16H,1-2,6,8,12-14H2,(H,22,23). The lowest BCUT2D eigenvalue weighted by molar-refractivity contribution is -0.123. The van der Waals surface area contributed by atoms with Crippen LogP contribution >= 0.6 is 0 Å². The highest BCUT2D eigenvalue weighted by atomic mass is 16.6. The van der Waals surface area contributed by atoms with E-state index in [1.54, 1.807) is 0 Å². The minimum absolute atomic E-state index is 0.0145. The van der Waals surface area contributed by atoms with Gasteiger partial charge >= 0.3 is 0 Å². The number of benzene rings is 2. The van der Waals surface area contributed by atoms with Gasteiger partial charge in [-0.15, -0.1) is 0 Å². The normalized spacial score (nSPS) is 17.9. The number of ether oxygens (including phenoxy) is 3. The predicted molar refractivity (Wildman–Crippen MR) is 97.9 cm³/mol. The van der Waals surface area contributed by atoms with Crippen LogP contribution in [0, 0.1) is 0 Å². The second-order valence-electron chi connectivity index (χ2n) is 6.69. The highest BCUT2D eigenvalue weighted by Crippen LogP contribution is 2.31. The molecule has 1 aliphatic carbocycles. The van der Waals surface area contributed by atoms with E-state index in [4.69, 9.17) is 14.2 Å². The van der Waals surface area contributed by atoms with Crippen molar-refractivity contribution in [1.82, 2.24) is 5.32 Å². The third-order valence-electron chi connectivity index (χ3n) is 4.81. The van der Waals surface area contributed by atoms with Crippen molar-refractivity contribution >= 4 is 5.91 Å². The molecule has 136 valence electrons. The van der Waals surface area contributed by atoms with Gasteiger partial charge in [-0.05, 0) is 55.0 Å². The topological polar surface area (TPSA) is 56.8 Å². The first-order valence-electron chi connectivity index (χ1n) is 9.18. The van der Waals surface area contributed by atoms with E-state index in [0.29, 0.717) is 18.9 Å². The Bertz CT molecular complexity index is 789. The number of hydrogen-bond acceptors (Lipinski definition) is 4. The number of carbonyl (C=O) groups is 1. The largest absolute Gasteiger partial charge is 0.486 e. The zero-order valence-corrected chi connectivity index (χ0v) is 14.7. The number of hydrogen-bond donors (Lipinski definition) is 1. The van der Waals surface area contributed by atoms with Gasteiger partial charge in [-0.2, -0.15) is 0 Å². The van der Waals surface area contributed by atoms with Gasteiger partial charge in [-0.25, -0.2) is 0 Å². The second kappa shape index (κ2) is 7.68. The average molecular weight is 353 g/mol. The molecule has 26 heavy (non-hydrogen) atoms. The van der Waals surface area contributed by atoms with Gasteiger partial charge in [-0.3, -0.25) is 4.79 Å². The summed E-state index contributed by atoms with van der Waals surface area (Å²) < 4.78 is 17.3. The van der Waals surface area contributed by atoms with Crippen LogP contribution < -0.4 is 19.5 Å². The molecule has 1 atom stereocenters. The highest BCUT2D eigenvalue weighted by Gasteiger charge is 2.21. The van der Waals surface area contributed by atoms with Crippen molar-refractivity contribution in [2.75, 3.05) is 19.8 Å². The van der Waals surface area contributed by atoms with Crippen molar-refractivity contribution < 1.29 is 19.0 Å². The molecule has 2 aliphatic rings. The third-order valence-corrected chi connectivity index (χ3v) is 4.81. The van der Waals surface area contributed by atoms with Crippen molar-refractivity contribution in [3.63, 3.8) is 0 Å². The molecule has 1 heterocycles. The molecule has 0 spiro atoms. The van der Waals surface area contributed by atoms with Gasteiger partial charge in [0.15, 0.2) is 18.1 Å². The molecule has 0 saturated heterocycles. The van der Waals surface area contributed by atoms with E-state index < -0.39 is 0 Å². The number of amides is 1. The fraction of sp³-hybridized carbons (Fsp3) is 0.381. The maximum Gasteiger partial charge on any atom is 0.258 e. The minimum atomic E-state index is -0.196. The summed E-state index contributed by atoms with van der Waals surface area (Å²) in [5, 5.41) is 2.86. The zero-order valence-electron chi connectivity index (χ0n) is 14.7. The number of carbonyl (C=O) groups excluding carboxylic acids is 1. The molecule has 2 aromatic rings. The van der Waals surface area contributed by atoms with Crippen LogP contribution in [0.5, 0.6) is 17.2 Å². The molecule has 2 aromatic carbocycles. The summed E-state index contributed by atoms with van der Waals surface area (Å²) in [6.07, 6.45) is 4.33. The van der Waals surface area contributed by atoms with Gasteiger partial charge < -0.3 is 19.5 Å². The quantitative estimate of drug-likeness (QED) is 0.898. The molecule has 0 radical (unpaired) electrons. The predicted octanol–water partition coefficient (Wildman–Crippen LogP) is 2.90. The molecule has 1 aliphatic heterocycles. The molecular formula is C21H23NO4. The summed E-state index contributed by atoms with van der Waals surface area (Å²) in [6, 6.07) is 13.7. The lowest BCUT2D eigenvalue weighted by atomic mass is 9.91. The number of fused-ring (bicyclic) bond motifs is 2. The molecule has 0 saturated carbocycles. The van der Waals surface area contributed by atoms with Crippen molar-refractivity contribution in [2.24, 2.45) is 0 Å². The van der Waals surface area contributed by atoms with Crippen LogP contribution in [0.15, 0.2) is 42.5 Å². The smallest absolute Gasteiger partial charge is 0.258 e. The molecule has 1 N–H and O–H groups in total. The summed E-state index contributed by atoms with van der Waals surface area (Å²) in [7, 11) is 0. The van der Waals surface area contributed by atoms with Crippen LogP contribution in [0.4, 0.5) is 0 Å². The maximum absolute atomic E-state index is 12.1. The van der Waals surface area contributed by atoms with Crippen LogP contribution in [-0.2, 0) is 17.6 Å². The van der Waals surface area contributed by atoms with Gasteiger partial charge in [0, 0.05) is 0 Å². The Hall–Kier alpha value is -2.69. The van der Waals surface area contributed by atoms with Gasteiger partial charge in [0.05, 0.1) is 6.54 Å².